The maximum absolute atomic E-state index is 13.3. The molecule has 0 bridgehead atoms. The summed E-state index contributed by atoms with van der Waals surface area (Å²) in [6.45, 7) is 1.62. The molecule has 1 rings (SSSR count). The summed E-state index contributed by atoms with van der Waals surface area (Å²) in [6.07, 6.45) is 0. The van der Waals surface area contributed by atoms with E-state index in [2.05, 4.69) is 26.0 Å². The molecule has 0 aliphatic carbocycles. The first-order valence-corrected chi connectivity index (χ1v) is 5.72. The predicted octanol–water partition coefficient (Wildman–Crippen LogP) is 1.88. The molecule has 0 saturated heterocycles. The predicted molar refractivity (Wildman–Crippen MR) is 63.1 cm³/mol. The van der Waals surface area contributed by atoms with Gasteiger partial charge in [0, 0.05) is 4.47 Å². The number of hydrogen-bond acceptors (Lipinski definition) is 3. The fraction of sp³-hybridized carbons (Fsp3) is 0.273. The molecule has 0 aliphatic rings. The minimum atomic E-state index is -0.656. The zero-order valence-corrected chi connectivity index (χ0v) is 10.7. The first kappa shape index (κ1) is 13.6. The Morgan fingerprint density at radius 3 is 2.82 bits per heavy atom. The number of ether oxygens (including phenoxy) is 1. The lowest BCUT2D eigenvalue weighted by atomic mass is 10.2. The topological polar surface area (TPSA) is 55.4 Å². The van der Waals surface area contributed by atoms with Crippen LogP contribution in [0.25, 0.3) is 0 Å². The molecule has 0 aliphatic heterocycles. The summed E-state index contributed by atoms with van der Waals surface area (Å²) in [5.74, 6) is -1.86. The van der Waals surface area contributed by atoms with Gasteiger partial charge in [-0.25, -0.2) is 4.39 Å². The number of amides is 1. The largest absolute Gasteiger partial charge is 0.465 e. The van der Waals surface area contributed by atoms with Gasteiger partial charge >= 0.3 is 5.97 Å². The second-order valence-electron chi connectivity index (χ2n) is 3.11. The number of carbonyl (C=O) groups excluding carboxylic acids is 2. The average Bonchev–Trinajstić information content (AvgIpc) is 2.29. The summed E-state index contributed by atoms with van der Waals surface area (Å²) in [5.41, 5.74) is -0.122. The minimum Gasteiger partial charge on any atom is -0.465 e. The van der Waals surface area contributed by atoms with E-state index < -0.39 is 17.7 Å². The SMILES string of the molecule is CCOC(=O)CNC(=O)c1cc(Br)ccc1F. The van der Waals surface area contributed by atoms with Gasteiger partial charge in [-0.15, -0.1) is 0 Å². The minimum absolute atomic E-state index is 0.122. The molecule has 0 unspecified atom stereocenters. The third-order valence-corrected chi connectivity index (χ3v) is 2.36. The number of halogens is 2. The Balaban J connectivity index is 2.64. The van der Waals surface area contributed by atoms with Crippen LogP contribution in [-0.4, -0.2) is 25.0 Å². The molecule has 0 atom stereocenters. The van der Waals surface area contributed by atoms with E-state index >= 15 is 0 Å². The highest BCUT2D eigenvalue weighted by molar-refractivity contribution is 9.10. The van der Waals surface area contributed by atoms with Gasteiger partial charge in [-0.2, -0.15) is 0 Å². The van der Waals surface area contributed by atoms with Crippen LogP contribution in [0.15, 0.2) is 22.7 Å². The van der Waals surface area contributed by atoms with E-state index in [0.717, 1.165) is 0 Å². The van der Waals surface area contributed by atoms with Crippen LogP contribution in [0.1, 0.15) is 17.3 Å². The first-order chi connectivity index (χ1) is 8.04. The van der Waals surface area contributed by atoms with E-state index in [4.69, 9.17) is 0 Å². The van der Waals surface area contributed by atoms with Crippen molar-refractivity contribution in [3.63, 3.8) is 0 Å². The molecular weight excluding hydrogens is 293 g/mol. The zero-order chi connectivity index (χ0) is 12.8. The second kappa shape index (κ2) is 6.34. The highest BCUT2D eigenvalue weighted by Crippen LogP contribution is 2.15. The Labute approximate surface area is 106 Å². The average molecular weight is 304 g/mol. The summed E-state index contributed by atoms with van der Waals surface area (Å²) in [6, 6.07) is 4.00. The van der Waals surface area contributed by atoms with Gasteiger partial charge in [0.05, 0.1) is 12.2 Å². The Morgan fingerprint density at radius 1 is 1.47 bits per heavy atom. The van der Waals surface area contributed by atoms with Gasteiger partial charge in [0.2, 0.25) is 0 Å². The molecule has 0 saturated carbocycles. The Bertz CT molecular complexity index is 437. The van der Waals surface area contributed by atoms with Crippen LogP contribution in [0, 0.1) is 5.82 Å². The molecule has 92 valence electrons. The highest BCUT2D eigenvalue weighted by atomic mass is 79.9. The summed E-state index contributed by atoms with van der Waals surface area (Å²) in [5, 5.41) is 2.28. The lowest BCUT2D eigenvalue weighted by Crippen LogP contribution is -2.31. The second-order valence-corrected chi connectivity index (χ2v) is 4.03. The zero-order valence-electron chi connectivity index (χ0n) is 9.13. The highest BCUT2D eigenvalue weighted by Gasteiger charge is 2.13. The summed E-state index contributed by atoms with van der Waals surface area (Å²) < 4.78 is 18.5. The van der Waals surface area contributed by atoms with Gasteiger partial charge in [-0.1, -0.05) is 15.9 Å². The van der Waals surface area contributed by atoms with Gasteiger partial charge in [0.1, 0.15) is 12.4 Å². The van der Waals surface area contributed by atoms with E-state index in [0.29, 0.717) is 4.47 Å². The van der Waals surface area contributed by atoms with Crippen molar-refractivity contribution < 1.29 is 18.7 Å². The lowest BCUT2D eigenvalue weighted by molar-refractivity contribution is -0.141. The molecule has 17 heavy (non-hydrogen) atoms. The number of esters is 1. The van der Waals surface area contributed by atoms with Gasteiger partial charge < -0.3 is 10.1 Å². The number of hydrogen-bond donors (Lipinski definition) is 1. The molecule has 0 heterocycles. The third kappa shape index (κ3) is 4.14. The van der Waals surface area contributed by atoms with Gasteiger partial charge in [-0.05, 0) is 25.1 Å². The van der Waals surface area contributed by atoms with Crippen molar-refractivity contribution in [2.24, 2.45) is 0 Å². The number of rotatable bonds is 4. The summed E-state index contributed by atoms with van der Waals surface area (Å²) in [7, 11) is 0. The van der Waals surface area contributed by atoms with Gasteiger partial charge in [0.25, 0.3) is 5.91 Å². The van der Waals surface area contributed by atoms with Crippen molar-refractivity contribution in [2.75, 3.05) is 13.2 Å². The third-order valence-electron chi connectivity index (χ3n) is 1.87. The number of benzene rings is 1. The van der Waals surface area contributed by atoms with E-state index in [1.165, 1.54) is 18.2 Å². The van der Waals surface area contributed by atoms with E-state index in [-0.39, 0.29) is 18.7 Å². The fourth-order valence-corrected chi connectivity index (χ4v) is 1.49. The number of carbonyl (C=O) groups is 2. The molecule has 1 aromatic rings. The van der Waals surface area contributed by atoms with Crippen molar-refractivity contribution in [1.82, 2.24) is 5.32 Å². The van der Waals surface area contributed by atoms with Crippen molar-refractivity contribution in [1.29, 1.82) is 0 Å². The van der Waals surface area contributed by atoms with Crippen molar-refractivity contribution >= 4 is 27.8 Å². The Hall–Kier alpha value is -1.43. The smallest absolute Gasteiger partial charge is 0.325 e. The summed E-state index contributed by atoms with van der Waals surface area (Å²) in [4.78, 5) is 22.5. The Morgan fingerprint density at radius 2 is 2.18 bits per heavy atom. The van der Waals surface area contributed by atoms with Crippen LogP contribution in [0.3, 0.4) is 0 Å². The fourth-order valence-electron chi connectivity index (χ4n) is 1.13. The van der Waals surface area contributed by atoms with Crippen LogP contribution < -0.4 is 5.32 Å². The van der Waals surface area contributed by atoms with Crippen LogP contribution in [0.4, 0.5) is 4.39 Å². The van der Waals surface area contributed by atoms with Gasteiger partial charge in [0.15, 0.2) is 0 Å². The van der Waals surface area contributed by atoms with Crippen LogP contribution in [-0.2, 0) is 9.53 Å². The quantitative estimate of drug-likeness (QED) is 0.864. The van der Waals surface area contributed by atoms with Crippen LogP contribution >= 0.6 is 15.9 Å². The molecule has 4 nitrogen and oxygen atoms in total. The molecule has 0 spiro atoms. The van der Waals surface area contributed by atoms with E-state index in [1.807, 2.05) is 0 Å². The number of nitrogens with one attached hydrogen (secondary N) is 1. The van der Waals surface area contributed by atoms with Crippen LogP contribution in [0.5, 0.6) is 0 Å². The maximum Gasteiger partial charge on any atom is 0.325 e. The monoisotopic (exact) mass is 303 g/mol. The maximum atomic E-state index is 13.3. The lowest BCUT2D eigenvalue weighted by Gasteiger charge is -2.06. The Kier molecular flexibility index (Phi) is 5.09. The summed E-state index contributed by atoms with van der Waals surface area (Å²) >= 11 is 3.13. The van der Waals surface area contributed by atoms with Crippen LogP contribution in [0.2, 0.25) is 0 Å². The van der Waals surface area contributed by atoms with Crippen molar-refractivity contribution in [3.8, 4) is 0 Å². The van der Waals surface area contributed by atoms with Crippen molar-refractivity contribution in [2.45, 2.75) is 6.92 Å². The van der Waals surface area contributed by atoms with Crippen molar-refractivity contribution in [3.05, 3.63) is 34.1 Å². The molecule has 1 aromatic carbocycles. The molecule has 0 radical (unpaired) electrons. The van der Waals surface area contributed by atoms with Gasteiger partial charge in [-0.3, -0.25) is 9.59 Å². The molecule has 0 fully saturated rings. The molecular formula is C11H11BrFNO3. The molecule has 6 heteroatoms. The first-order valence-electron chi connectivity index (χ1n) is 4.93. The van der Waals surface area contributed by atoms with E-state index in [9.17, 15) is 14.0 Å². The van der Waals surface area contributed by atoms with E-state index in [1.54, 1.807) is 6.92 Å². The standard InChI is InChI=1S/C11H11BrFNO3/c1-2-17-10(15)6-14-11(16)8-5-7(12)3-4-9(8)13/h3-5H,2,6H2,1H3,(H,14,16). The molecule has 0 aromatic heterocycles. The normalized spacial score (nSPS) is 9.82. The molecule has 1 amide bonds. The molecule has 1 N–H and O–H groups in total.